The molecule has 0 fully saturated rings. The van der Waals surface area contributed by atoms with Crippen LogP contribution in [-0.2, 0) is 0 Å². The Morgan fingerprint density at radius 2 is 2.06 bits per heavy atom. The highest BCUT2D eigenvalue weighted by Gasteiger charge is 2.18. The third-order valence-corrected chi connectivity index (χ3v) is 2.41. The van der Waals surface area contributed by atoms with E-state index >= 15 is 0 Å². The second kappa shape index (κ2) is 7.62. The largest absolute Gasteiger partial charge is 0.350 e. The maximum absolute atomic E-state index is 11.7. The van der Waals surface area contributed by atoms with Gasteiger partial charge in [0.2, 0.25) is 0 Å². The van der Waals surface area contributed by atoms with Crippen molar-refractivity contribution >= 4 is 24.0 Å². The maximum Gasteiger partial charge on any atom is 0.282 e. The first kappa shape index (κ1) is 16.3. The number of amides is 1. The molecule has 0 aliphatic carbocycles. The lowest BCUT2D eigenvalue weighted by Crippen LogP contribution is -2.37. The highest BCUT2D eigenvalue weighted by molar-refractivity contribution is 5.98. The lowest BCUT2D eigenvalue weighted by molar-refractivity contribution is -0.385. The molecule has 0 saturated heterocycles. The van der Waals surface area contributed by atoms with E-state index in [1.54, 1.807) is 13.1 Å². The van der Waals surface area contributed by atoms with Crippen molar-refractivity contribution in [2.45, 2.75) is 13.0 Å². The van der Waals surface area contributed by atoms with Crippen LogP contribution in [0, 0.1) is 10.1 Å². The molecule has 7 heteroatoms. The minimum absolute atomic E-state index is 0. The molecule has 1 rings (SSSR count). The number of carbonyl (C=O) groups is 1. The van der Waals surface area contributed by atoms with Crippen molar-refractivity contribution in [3.05, 3.63) is 39.9 Å². The molecule has 0 aromatic heterocycles. The number of hydrogen-bond acceptors (Lipinski definition) is 4. The quantitative estimate of drug-likeness (QED) is 0.627. The summed E-state index contributed by atoms with van der Waals surface area (Å²) in [6, 6.07) is 6.00. The third-order valence-electron chi connectivity index (χ3n) is 2.41. The van der Waals surface area contributed by atoms with Gasteiger partial charge >= 0.3 is 0 Å². The van der Waals surface area contributed by atoms with Gasteiger partial charge in [0.05, 0.1) is 4.92 Å². The number of carbonyl (C=O) groups excluding carboxylic acids is 1. The Morgan fingerprint density at radius 1 is 1.44 bits per heavy atom. The summed E-state index contributed by atoms with van der Waals surface area (Å²) < 4.78 is 0. The molecule has 100 valence electrons. The van der Waals surface area contributed by atoms with E-state index in [-0.39, 0.29) is 29.7 Å². The summed E-state index contributed by atoms with van der Waals surface area (Å²) in [5, 5.41) is 16.3. The first-order chi connectivity index (χ1) is 8.06. The normalized spacial score (nSPS) is 11.2. The number of nitro groups is 1. The fourth-order valence-corrected chi connectivity index (χ4v) is 1.27. The smallest absolute Gasteiger partial charge is 0.282 e. The van der Waals surface area contributed by atoms with E-state index in [4.69, 9.17) is 0 Å². The molecule has 6 nitrogen and oxygen atoms in total. The molecule has 0 radical (unpaired) electrons. The molecule has 0 bridgehead atoms. The minimum atomic E-state index is -0.559. The van der Waals surface area contributed by atoms with Crippen LogP contribution in [0.5, 0.6) is 0 Å². The van der Waals surface area contributed by atoms with Crippen molar-refractivity contribution in [1.29, 1.82) is 0 Å². The van der Waals surface area contributed by atoms with Gasteiger partial charge in [0.15, 0.2) is 0 Å². The van der Waals surface area contributed by atoms with E-state index in [2.05, 4.69) is 10.6 Å². The van der Waals surface area contributed by atoms with Gasteiger partial charge in [0.1, 0.15) is 5.56 Å². The van der Waals surface area contributed by atoms with E-state index in [9.17, 15) is 14.9 Å². The van der Waals surface area contributed by atoms with Gasteiger partial charge in [-0.05, 0) is 20.0 Å². The lowest BCUT2D eigenvalue weighted by atomic mass is 10.1. The van der Waals surface area contributed by atoms with Crippen LogP contribution in [-0.4, -0.2) is 30.5 Å². The Kier molecular flexibility index (Phi) is 6.92. The first-order valence-corrected chi connectivity index (χ1v) is 5.25. The molecule has 0 spiro atoms. The molecule has 0 heterocycles. The summed E-state index contributed by atoms with van der Waals surface area (Å²) in [6.07, 6.45) is 0. The fraction of sp³-hybridized carbons (Fsp3) is 0.364. The molecule has 1 aromatic carbocycles. The Labute approximate surface area is 111 Å². The molecule has 0 aliphatic rings. The summed E-state index contributed by atoms with van der Waals surface area (Å²) in [5.74, 6) is -0.431. The number of nitrogens with zero attached hydrogens (tertiary/aromatic N) is 1. The number of rotatable bonds is 5. The Bertz CT molecular complexity index is 426. The summed E-state index contributed by atoms with van der Waals surface area (Å²) in [6.45, 7) is 2.32. The molecule has 0 saturated carbocycles. The number of benzene rings is 1. The number of nitrogens with one attached hydrogen (secondary N) is 2. The summed E-state index contributed by atoms with van der Waals surface area (Å²) in [7, 11) is 1.78. The molecule has 18 heavy (non-hydrogen) atoms. The van der Waals surface area contributed by atoms with Gasteiger partial charge in [-0.15, -0.1) is 12.4 Å². The van der Waals surface area contributed by atoms with Crippen LogP contribution in [0.15, 0.2) is 24.3 Å². The lowest BCUT2D eigenvalue weighted by Gasteiger charge is -2.11. The first-order valence-electron chi connectivity index (χ1n) is 5.25. The zero-order valence-corrected chi connectivity index (χ0v) is 11.0. The summed E-state index contributed by atoms with van der Waals surface area (Å²) >= 11 is 0. The van der Waals surface area contributed by atoms with Crippen molar-refractivity contribution in [2.24, 2.45) is 0 Å². The molecule has 1 atom stereocenters. The highest BCUT2D eigenvalue weighted by Crippen LogP contribution is 2.17. The van der Waals surface area contributed by atoms with E-state index in [1.165, 1.54) is 18.2 Å². The average molecular weight is 274 g/mol. The van der Waals surface area contributed by atoms with Gasteiger partial charge in [-0.1, -0.05) is 12.1 Å². The van der Waals surface area contributed by atoms with Crippen molar-refractivity contribution in [2.75, 3.05) is 13.6 Å². The van der Waals surface area contributed by atoms with E-state index < -0.39 is 10.8 Å². The van der Waals surface area contributed by atoms with E-state index in [0.29, 0.717) is 6.54 Å². The molecular weight excluding hydrogens is 258 g/mol. The van der Waals surface area contributed by atoms with E-state index in [0.717, 1.165) is 0 Å². The topological polar surface area (TPSA) is 84.3 Å². The van der Waals surface area contributed by atoms with Gasteiger partial charge < -0.3 is 10.6 Å². The minimum Gasteiger partial charge on any atom is -0.350 e. The van der Waals surface area contributed by atoms with Crippen LogP contribution < -0.4 is 10.6 Å². The second-order valence-electron chi connectivity index (χ2n) is 3.67. The molecule has 1 amide bonds. The highest BCUT2D eigenvalue weighted by atomic mass is 35.5. The molecular formula is C11H16ClN3O3. The molecule has 0 aliphatic heterocycles. The standard InChI is InChI=1S/C11H15N3O3.ClH/c1-8(12-2)7-13-11(15)9-5-3-4-6-10(9)14(16)17;/h3-6,8,12H,7H2,1-2H3,(H,13,15);1H. The second-order valence-corrected chi connectivity index (χ2v) is 3.67. The van der Waals surface area contributed by atoms with Crippen molar-refractivity contribution in [3.63, 3.8) is 0 Å². The Morgan fingerprint density at radius 3 is 2.61 bits per heavy atom. The van der Waals surface area contributed by atoms with Gasteiger partial charge in [-0.3, -0.25) is 14.9 Å². The Hall–Kier alpha value is -1.66. The SMILES string of the molecule is CNC(C)CNC(=O)c1ccccc1[N+](=O)[O-].Cl. The predicted octanol–water partition coefficient (Wildman–Crippen LogP) is 1.35. The Balaban J connectivity index is 0.00000289. The number of hydrogen-bond donors (Lipinski definition) is 2. The van der Waals surface area contributed by atoms with Gasteiger partial charge in [0.25, 0.3) is 11.6 Å². The van der Waals surface area contributed by atoms with E-state index in [1.807, 2.05) is 6.92 Å². The summed E-state index contributed by atoms with van der Waals surface area (Å²) in [5.41, 5.74) is -0.0945. The van der Waals surface area contributed by atoms with Crippen LogP contribution in [0.2, 0.25) is 0 Å². The summed E-state index contributed by atoms with van der Waals surface area (Å²) in [4.78, 5) is 21.9. The van der Waals surface area contributed by atoms with Crippen LogP contribution in [0.25, 0.3) is 0 Å². The van der Waals surface area contributed by atoms with Crippen LogP contribution in [0.3, 0.4) is 0 Å². The molecule has 1 aromatic rings. The van der Waals surface area contributed by atoms with Crippen LogP contribution in [0.1, 0.15) is 17.3 Å². The van der Waals surface area contributed by atoms with Crippen molar-refractivity contribution in [3.8, 4) is 0 Å². The number of likely N-dealkylation sites (N-methyl/N-ethyl adjacent to an activating group) is 1. The molecule has 1 unspecified atom stereocenters. The zero-order valence-electron chi connectivity index (χ0n) is 10.2. The van der Waals surface area contributed by atoms with Crippen molar-refractivity contribution in [1.82, 2.24) is 10.6 Å². The fourth-order valence-electron chi connectivity index (χ4n) is 1.27. The molecule has 2 N–H and O–H groups in total. The zero-order chi connectivity index (χ0) is 12.8. The maximum atomic E-state index is 11.7. The average Bonchev–Trinajstić information content (AvgIpc) is 2.35. The monoisotopic (exact) mass is 273 g/mol. The van der Waals surface area contributed by atoms with Crippen LogP contribution in [0.4, 0.5) is 5.69 Å². The van der Waals surface area contributed by atoms with Gasteiger partial charge in [0, 0.05) is 18.7 Å². The predicted molar refractivity (Wildman–Crippen MR) is 71.2 cm³/mol. The number of halogens is 1. The number of para-hydroxylation sites is 1. The van der Waals surface area contributed by atoms with Gasteiger partial charge in [-0.2, -0.15) is 0 Å². The van der Waals surface area contributed by atoms with Gasteiger partial charge in [-0.25, -0.2) is 0 Å². The third kappa shape index (κ3) is 4.31. The van der Waals surface area contributed by atoms with Crippen LogP contribution >= 0.6 is 12.4 Å². The number of nitro benzene ring substituents is 1. The van der Waals surface area contributed by atoms with Crippen molar-refractivity contribution < 1.29 is 9.72 Å².